The van der Waals surface area contributed by atoms with Crippen molar-refractivity contribution in [1.29, 1.82) is 0 Å². The monoisotopic (exact) mass is 430 g/mol. The largest absolute Gasteiger partial charge is 0.494 e. The van der Waals surface area contributed by atoms with Gasteiger partial charge in [-0.25, -0.2) is 0 Å². The lowest BCUT2D eigenvalue weighted by molar-refractivity contribution is -0.141. The van der Waals surface area contributed by atoms with Crippen molar-refractivity contribution in [2.45, 2.75) is 31.9 Å². The number of pyridine rings is 1. The second-order valence-corrected chi connectivity index (χ2v) is 6.51. The maximum atomic E-state index is 12.6. The Morgan fingerprint density at radius 3 is 2.69 bits per heavy atom. The maximum Gasteiger partial charge on any atom is 0.433 e. The molecule has 140 valence electrons. The highest BCUT2D eigenvalue weighted by Crippen LogP contribution is 2.28. The van der Waals surface area contributed by atoms with E-state index in [4.69, 9.17) is 4.74 Å². The summed E-state index contributed by atoms with van der Waals surface area (Å²) < 4.78 is 44.3. The Kier molecular flexibility index (Phi) is 7.44. The SMILES string of the molecule is O=C(CCCCCOc1cccc(Br)c1)Nc1ccnc(C(F)(F)F)c1. The molecule has 26 heavy (non-hydrogen) atoms. The summed E-state index contributed by atoms with van der Waals surface area (Å²) in [6, 6.07) is 9.68. The standard InChI is InChI=1S/C18H18BrF3N2O2/c19-13-5-4-6-15(11-13)26-10-3-1-2-7-17(25)24-14-8-9-23-16(12-14)18(20,21)22/h4-6,8-9,11-12H,1-3,7,10H2,(H,23,24,25). The number of unbranched alkanes of at least 4 members (excludes halogenated alkanes) is 2. The number of carbonyl (C=O) groups is 1. The summed E-state index contributed by atoms with van der Waals surface area (Å²) in [4.78, 5) is 15.1. The van der Waals surface area contributed by atoms with Gasteiger partial charge in [-0.2, -0.15) is 13.2 Å². The fourth-order valence-electron chi connectivity index (χ4n) is 2.20. The minimum absolute atomic E-state index is 0.0929. The van der Waals surface area contributed by atoms with Crippen LogP contribution in [0.3, 0.4) is 0 Å². The van der Waals surface area contributed by atoms with Crippen molar-refractivity contribution in [3.63, 3.8) is 0 Å². The molecule has 0 spiro atoms. The third-order valence-corrected chi connectivity index (χ3v) is 3.94. The van der Waals surface area contributed by atoms with Crippen LogP contribution in [0.4, 0.5) is 18.9 Å². The number of hydrogen-bond acceptors (Lipinski definition) is 3. The molecule has 0 atom stereocenters. The van der Waals surface area contributed by atoms with Crippen LogP contribution in [-0.2, 0) is 11.0 Å². The molecule has 2 aromatic rings. The first-order valence-electron chi connectivity index (χ1n) is 8.06. The van der Waals surface area contributed by atoms with Gasteiger partial charge >= 0.3 is 6.18 Å². The predicted octanol–water partition coefficient (Wildman–Crippen LogP) is 5.44. The predicted molar refractivity (Wildman–Crippen MR) is 96.0 cm³/mol. The van der Waals surface area contributed by atoms with E-state index in [1.165, 1.54) is 6.07 Å². The molecule has 0 fully saturated rings. The number of amides is 1. The number of ether oxygens (including phenoxy) is 1. The van der Waals surface area contributed by atoms with Gasteiger partial charge in [0, 0.05) is 22.8 Å². The summed E-state index contributed by atoms with van der Waals surface area (Å²) in [6.07, 6.45) is -1.07. The molecule has 8 heteroatoms. The molecule has 1 aromatic heterocycles. The van der Waals surface area contributed by atoms with E-state index in [1.807, 2.05) is 24.3 Å². The van der Waals surface area contributed by atoms with Crippen LogP contribution >= 0.6 is 15.9 Å². The average molecular weight is 431 g/mol. The summed E-state index contributed by atoms with van der Waals surface area (Å²) in [7, 11) is 0. The molecule has 1 heterocycles. The smallest absolute Gasteiger partial charge is 0.433 e. The normalized spacial score (nSPS) is 11.2. The number of rotatable bonds is 8. The van der Waals surface area contributed by atoms with Gasteiger partial charge in [-0.1, -0.05) is 22.0 Å². The second kappa shape index (κ2) is 9.56. The molecule has 1 aromatic carbocycles. The molecule has 0 aliphatic heterocycles. The lowest BCUT2D eigenvalue weighted by Crippen LogP contribution is -2.13. The first-order valence-corrected chi connectivity index (χ1v) is 8.85. The van der Waals surface area contributed by atoms with Crippen molar-refractivity contribution in [1.82, 2.24) is 4.98 Å². The van der Waals surface area contributed by atoms with Crippen LogP contribution < -0.4 is 10.1 Å². The summed E-state index contributed by atoms with van der Waals surface area (Å²) in [5.74, 6) is 0.451. The van der Waals surface area contributed by atoms with Gasteiger partial charge in [0.2, 0.25) is 5.91 Å². The van der Waals surface area contributed by atoms with Gasteiger partial charge in [-0.15, -0.1) is 0 Å². The zero-order chi connectivity index (χ0) is 19.0. The van der Waals surface area contributed by atoms with Crippen LogP contribution in [0.15, 0.2) is 47.1 Å². The summed E-state index contributed by atoms with van der Waals surface area (Å²) in [6.45, 7) is 0.539. The average Bonchev–Trinajstić information content (AvgIpc) is 2.57. The minimum Gasteiger partial charge on any atom is -0.494 e. The molecule has 0 bridgehead atoms. The fraction of sp³-hybridized carbons (Fsp3) is 0.333. The van der Waals surface area contributed by atoms with E-state index in [-0.39, 0.29) is 18.0 Å². The molecule has 1 N–H and O–H groups in total. The molecule has 0 aliphatic carbocycles. The van der Waals surface area contributed by atoms with Gasteiger partial charge in [0.25, 0.3) is 0 Å². The van der Waals surface area contributed by atoms with E-state index in [0.29, 0.717) is 13.0 Å². The van der Waals surface area contributed by atoms with Crippen LogP contribution in [-0.4, -0.2) is 17.5 Å². The van der Waals surface area contributed by atoms with Crippen molar-refractivity contribution in [3.05, 3.63) is 52.8 Å². The van der Waals surface area contributed by atoms with E-state index in [2.05, 4.69) is 26.2 Å². The highest BCUT2D eigenvalue weighted by Gasteiger charge is 2.32. The molecule has 0 saturated carbocycles. The van der Waals surface area contributed by atoms with Crippen molar-refractivity contribution >= 4 is 27.5 Å². The van der Waals surface area contributed by atoms with Crippen LogP contribution in [0.1, 0.15) is 31.4 Å². The Labute approximate surface area is 157 Å². The molecule has 0 radical (unpaired) electrons. The third kappa shape index (κ3) is 7.03. The van der Waals surface area contributed by atoms with Gasteiger partial charge in [-0.05, 0) is 49.6 Å². The summed E-state index contributed by atoms with van der Waals surface area (Å²) >= 11 is 3.36. The van der Waals surface area contributed by atoms with E-state index in [0.717, 1.165) is 35.3 Å². The minimum atomic E-state index is -4.53. The van der Waals surface area contributed by atoms with Crippen LogP contribution in [0.25, 0.3) is 0 Å². The summed E-state index contributed by atoms with van der Waals surface area (Å²) in [5.41, 5.74) is -0.935. The number of hydrogen-bond donors (Lipinski definition) is 1. The molecule has 4 nitrogen and oxygen atoms in total. The zero-order valence-electron chi connectivity index (χ0n) is 13.9. The van der Waals surface area contributed by atoms with Gasteiger partial charge in [0.05, 0.1) is 6.61 Å². The number of aromatic nitrogens is 1. The van der Waals surface area contributed by atoms with Gasteiger partial charge in [-0.3, -0.25) is 9.78 Å². The molecular weight excluding hydrogens is 413 g/mol. The molecule has 0 unspecified atom stereocenters. The zero-order valence-corrected chi connectivity index (χ0v) is 15.4. The Bertz CT molecular complexity index is 738. The molecular formula is C18H18BrF3N2O2. The number of nitrogens with one attached hydrogen (secondary N) is 1. The fourth-order valence-corrected chi connectivity index (χ4v) is 2.58. The molecule has 1 amide bonds. The van der Waals surface area contributed by atoms with Crippen molar-refractivity contribution in [3.8, 4) is 5.75 Å². The number of alkyl halides is 3. The first kappa shape index (κ1) is 20.2. The van der Waals surface area contributed by atoms with E-state index >= 15 is 0 Å². The van der Waals surface area contributed by atoms with E-state index in [1.54, 1.807) is 0 Å². The maximum absolute atomic E-state index is 12.6. The van der Waals surface area contributed by atoms with Crippen LogP contribution in [0.5, 0.6) is 5.75 Å². The first-order chi connectivity index (χ1) is 12.3. The quantitative estimate of drug-likeness (QED) is 0.567. The lowest BCUT2D eigenvalue weighted by Gasteiger charge is -2.09. The molecule has 0 aliphatic rings. The number of carbonyl (C=O) groups excluding carboxylic acids is 1. The van der Waals surface area contributed by atoms with Crippen LogP contribution in [0, 0.1) is 0 Å². The highest BCUT2D eigenvalue weighted by molar-refractivity contribution is 9.10. The van der Waals surface area contributed by atoms with Gasteiger partial charge in [0.1, 0.15) is 11.4 Å². The Hall–Kier alpha value is -2.09. The molecule has 2 rings (SSSR count). The molecule has 0 saturated heterocycles. The topological polar surface area (TPSA) is 51.2 Å². The van der Waals surface area contributed by atoms with Crippen LogP contribution in [0.2, 0.25) is 0 Å². The summed E-state index contributed by atoms with van der Waals surface area (Å²) in [5, 5.41) is 2.46. The van der Waals surface area contributed by atoms with Crippen molar-refractivity contribution < 1.29 is 22.7 Å². The number of anilines is 1. The third-order valence-electron chi connectivity index (χ3n) is 3.45. The van der Waals surface area contributed by atoms with Gasteiger partial charge in [0.15, 0.2) is 0 Å². The van der Waals surface area contributed by atoms with Gasteiger partial charge < -0.3 is 10.1 Å². The number of nitrogens with zero attached hydrogens (tertiary/aromatic N) is 1. The lowest BCUT2D eigenvalue weighted by atomic mass is 10.2. The van der Waals surface area contributed by atoms with E-state index in [9.17, 15) is 18.0 Å². The Morgan fingerprint density at radius 2 is 1.96 bits per heavy atom. The number of halogens is 4. The van der Waals surface area contributed by atoms with Crippen molar-refractivity contribution in [2.24, 2.45) is 0 Å². The Morgan fingerprint density at radius 1 is 1.15 bits per heavy atom. The van der Waals surface area contributed by atoms with Crippen molar-refractivity contribution in [2.75, 3.05) is 11.9 Å². The number of benzene rings is 1. The second-order valence-electron chi connectivity index (χ2n) is 5.59. The Balaban J connectivity index is 1.65. The van der Waals surface area contributed by atoms with E-state index < -0.39 is 11.9 Å². The highest BCUT2D eigenvalue weighted by atomic mass is 79.9.